The Morgan fingerprint density at radius 1 is 0.846 bits per heavy atom. The molecule has 0 spiro atoms. The van der Waals surface area contributed by atoms with Gasteiger partial charge >= 0.3 is 17.9 Å². The lowest BCUT2D eigenvalue weighted by molar-refractivity contribution is -0.163. The molecule has 0 aromatic rings. The minimum absolute atomic E-state index is 0.0167. The van der Waals surface area contributed by atoms with E-state index in [2.05, 4.69) is 0 Å². The van der Waals surface area contributed by atoms with E-state index in [1.165, 1.54) is 13.8 Å². The summed E-state index contributed by atoms with van der Waals surface area (Å²) in [4.78, 5) is 34.2. The number of esters is 3. The van der Waals surface area contributed by atoms with Crippen LogP contribution in [0.4, 0.5) is 0 Å². The lowest BCUT2D eigenvalue weighted by Crippen LogP contribution is -2.40. The van der Waals surface area contributed by atoms with Gasteiger partial charge in [0.25, 0.3) is 0 Å². The summed E-state index contributed by atoms with van der Waals surface area (Å²) in [5.74, 6) is -1.64. The number of rotatable bonds is 5. The van der Waals surface area contributed by atoms with Crippen LogP contribution in [0.1, 0.15) is 52.4 Å². The first kappa shape index (κ1) is 20.6. The monoisotopic (exact) mass is 372 g/mol. The molecule has 148 valence electrons. The number of hydrogen-bond acceptors (Lipinski definition) is 8. The molecule has 0 bridgehead atoms. The minimum atomic E-state index is -0.869. The number of aliphatic hydroxyl groups is 2. The summed E-state index contributed by atoms with van der Waals surface area (Å²) in [6, 6.07) is 0. The molecule has 0 heterocycles. The van der Waals surface area contributed by atoms with Crippen LogP contribution in [0.15, 0.2) is 0 Å². The Kier molecular flexibility index (Phi) is 7.40. The topological polar surface area (TPSA) is 119 Å². The highest BCUT2D eigenvalue weighted by Crippen LogP contribution is 2.30. The van der Waals surface area contributed by atoms with E-state index in [0.717, 1.165) is 0 Å². The summed E-state index contributed by atoms with van der Waals surface area (Å²) in [5.41, 5.74) is 0. The molecule has 0 radical (unpaired) electrons. The second-order valence-electron chi connectivity index (χ2n) is 7.25. The number of aliphatic hydroxyl groups excluding tert-OH is 2. The van der Waals surface area contributed by atoms with Crippen molar-refractivity contribution in [2.45, 2.75) is 76.8 Å². The summed E-state index contributed by atoms with van der Waals surface area (Å²) in [6.45, 7) is 2.80. The van der Waals surface area contributed by atoms with Crippen LogP contribution >= 0.6 is 0 Å². The molecule has 2 aliphatic carbocycles. The Morgan fingerprint density at radius 2 is 1.38 bits per heavy atom. The summed E-state index contributed by atoms with van der Waals surface area (Å²) in [7, 11) is 0. The number of carbonyl (C=O) groups is 3. The summed E-state index contributed by atoms with van der Waals surface area (Å²) >= 11 is 0. The van der Waals surface area contributed by atoms with Gasteiger partial charge in [0.2, 0.25) is 0 Å². The van der Waals surface area contributed by atoms with Crippen molar-refractivity contribution in [3.8, 4) is 0 Å². The quantitative estimate of drug-likeness (QED) is 0.535. The van der Waals surface area contributed by atoms with Crippen LogP contribution in [0.5, 0.6) is 0 Å². The molecule has 0 amide bonds. The first-order chi connectivity index (χ1) is 12.3. The molecular weight excluding hydrogens is 344 g/mol. The van der Waals surface area contributed by atoms with Gasteiger partial charge in [-0.1, -0.05) is 0 Å². The number of ether oxygens (including phenoxy) is 3. The molecule has 2 N–H and O–H groups in total. The number of hydrogen-bond donors (Lipinski definition) is 2. The lowest BCUT2D eigenvalue weighted by atomic mass is 9.84. The molecule has 2 aliphatic rings. The molecule has 2 fully saturated rings. The summed E-state index contributed by atoms with van der Waals surface area (Å²) in [5, 5.41) is 20.1. The fourth-order valence-corrected chi connectivity index (χ4v) is 3.71. The zero-order valence-electron chi connectivity index (χ0n) is 15.3. The van der Waals surface area contributed by atoms with Gasteiger partial charge in [-0.05, 0) is 44.4 Å². The van der Waals surface area contributed by atoms with Gasteiger partial charge in [0, 0.05) is 13.8 Å². The van der Waals surface area contributed by atoms with Crippen molar-refractivity contribution in [1.82, 2.24) is 0 Å². The van der Waals surface area contributed by atoms with Gasteiger partial charge in [-0.15, -0.1) is 0 Å². The van der Waals surface area contributed by atoms with Gasteiger partial charge in [-0.25, -0.2) is 0 Å². The average molecular weight is 372 g/mol. The van der Waals surface area contributed by atoms with E-state index >= 15 is 0 Å². The van der Waals surface area contributed by atoms with Gasteiger partial charge in [-0.2, -0.15) is 0 Å². The van der Waals surface area contributed by atoms with E-state index in [4.69, 9.17) is 14.2 Å². The SMILES string of the molecule is CC(=O)OC1CCC(COC(=O)C2CCC(OC(C)=O)C(O)C2)CC1O. The standard InChI is InChI=1S/C18H28O8/c1-10(19)25-16-5-3-12(7-14(16)21)9-24-18(23)13-4-6-17(15(22)8-13)26-11(2)20/h12-17,21-22H,3-9H2,1-2H3. The van der Waals surface area contributed by atoms with Crippen LogP contribution < -0.4 is 0 Å². The van der Waals surface area contributed by atoms with Gasteiger partial charge in [0.15, 0.2) is 0 Å². The van der Waals surface area contributed by atoms with Crippen molar-refractivity contribution < 1.29 is 38.8 Å². The average Bonchev–Trinajstić information content (AvgIpc) is 2.56. The van der Waals surface area contributed by atoms with Crippen LogP contribution in [0.25, 0.3) is 0 Å². The highest BCUT2D eigenvalue weighted by molar-refractivity contribution is 5.72. The third-order valence-electron chi connectivity index (χ3n) is 5.05. The second-order valence-corrected chi connectivity index (χ2v) is 7.25. The Morgan fingerprint density at radius 3 is 1.88 bits per heavy atom. The van der Waals surface area contributed by atoms with E-state index in [0.29, 0.717) is 32.1 Å². The molecule has 8 heteroatoms. The molecule has 0 aliphatic heterocycles. The van der Waals surface area contributed by atoms with Crippen LogP contribution in [-0.4, -0.2) is 59.1 Å². The normalized spacial score (nSPS) is 34.6. The molecule has 0 aromatic carbocycles. The van der Waals surface area contributed by atoms with Gasteiger partial charge in [0.1, 0.15) is 12.2 Å². The van der Waals surface area contributed by atoms with Crippen molar-refractivity contribution in [1.29, 1.82) is 0 Å². The molecule has 6 unspecified atom stereocenters. The largest absolute Gasteiger partial charge is 0.465 e. The molecule has 2 rings (SSSR count). The molecule has 0 aromatic heterocycles. The lowest BCUT2D eigenvalue weighted by Gasteiger charge is -2.33. The fourth-order valence-electron chi connectivity index (χ4n) is 3.71. The first-order valence-corrected chi connectivity index (χ1v) is 9.13. The Bertz CT molecular complexity index is 519. The molecule has 0 saturated heterocycles. The zero-order valence-corrected chi connectivity index (χ0v) is 15.3. The summed E-state index contributed by atoms with van der Waals surface area (Å²) in [6.07, 6.45) is 0.0887. The predicted molar refractivity (Wildman–Crippen MR) is 88.8 cm³/mol. The molecule has 8 nitrogen and oxygen atoms in total. The predicted octanol–water partition coefficient (Wildman–Crippen LogP) is 0.715. The third kappa shape index (κ3) is 5.95. The molecule has 26 heavy (non-hydrogen) atoms. The third-order valence-corrected chi connectivity index (χ3v) is 5.05. The Labute approximate surface area is 152 Å². The van der Waals surface area contributed by atoms with E-state index in [1.54, 1.807) is 0 Å². The molecule has 2 saturated carbocycles. The highest BCUT2D eigenvalue weighted by atomic mass is 16.6. The van der Waals surface area contributed by atoms with Crippen molar-refractivity contribution in [2.75, 3.05) is 6.61 Å². The Hall–Kier alpha value is -1.67. The van der Waals surface area contributed by atoms with Gasteiger partial charge in [0.05, 0.1) is 24.7 Å². The maximum absolute atomic E-state index is 12.2. The van der Waals surface area contributed by atoms with Gasteiger partial charge < -0.3 is 24.4 Å². The van der Waals surface area contributed by atoms with Crippen LogP contribution in [0.3, 0.4) is 0 Å². The molecular formula is C18H28O8. The fraction of sp³-hybridized carbons (Fsp3) is 0.833. The van der Waals surface area contributed by atoms with Crippen molar-refractivity contribution in [3.05, 3.63) is 0 Å². The second kappa shape index (κ2) is 9.32. The summed E-state index contributed by atoms with van der Waals surface area (Å²) < 4.78 is 15.5. The number of carbonyl (C=O) groups excluding carboxylic acids is 3. The minimum Gasteiger partial charge on any atom is -0.465 e. The Balaban J connectivity index is 1.72. The first-order valence-electron chi connectivity index (χ1n) is 9.13. The maximum Gasteiger partial charge on any atom is 0.309 e. The van der Waals surface area contributed by atoms with E-state index in [-0.39, 0.29) is 24.9 Å². The van der Waals surface area contributed by atoms with Crippen LogP contribution in [-0.2, 0) is 28.6 Å². The van der Waals surface area contributed by atoms with E-state index < -0.39 is 42.3 Å². The van der Waals surface area contributed by atoms with Crippen LogP contribution in [0.2, 0.25) is 0 Å². The van der Waals surface area contributed by atoms with Crippen molar-refractivity contribution in [3.63, 3.8) is 0 Å². The van der Waals surface area contributed by atoms with Crippen LogP contribution in [0, 0.1) is 11.8 Å². The molecule has 6 atom stereocenters. The van der Waals surface area contributed by atoms with E-state index in [1.807, 2.05) is 0 Å². The smallest absolute Gasteiger partial charge is 0.309 e. The van der Waals surface area contributed by atoms with Crippen molar-refractivity contribution >= 4 is 17.9 Å². The maximum atomic E-state index is 12.2. The van der Waals surface area contributed by atoms with E-state index in [9.17, 15) is 24.6 Å². The van der Waals surface area contributed by atoms with Crippen molar-refractivity contribution in [2.24, 2.45) is 11.8 Å². The highest BCUT2D eigenvalue weighted by Gasteiger charge is 2.36. The van der Waals surface area contributed by atoms with Gasteiger partial charge in [-0.3, -0.25) is 14.4 Å². The zero-order chi connectivity index (χ0) is 19.3.